The Hall–Kier alpha value is -2.92. The largest absolute Gasteiger partial charge is 0.329 e. The third kappa shape index (κ3) is 6.02. The monoisotopic (exact) mass is 492 g/mol. The molecule has 1 unspecified atom stereocenters. The molecule has 1 saturated heterocycles. The fraction of sp³-hybridized carbons (Fsp3) is 0.414. The molecule has 2 aromatic rings. The number of rotatable bonds is 8. The highest BCUT2D eigenvalue weighted by Gasteiger charge is 2.44. The zero-order chi connectivity index (χ0) is 24.9. The van der Waals surface area contributed by atoms with E-state index >= 15 is 0 Å². The van der Waals surface area contributed by atoms with Crippen LogP contribution in [0.5, 0.6) is 0 Å². The van der Waals surface area contributed by atoms with E-state index in [9.17, 15) is 14.4 Å². The number of carbonyl (C=O) groups excluding carboxylic acids is 3. The Morgan fingerprint density at radius 2 is 1.77 bits per heavy atom. The minimum atomic E-state index is -0.781. The predicted octanol–water partition coefficient (Wildman–Crippen LogP) is 6.06. The molecule has 2 aliphatic rings. The average Bonchev–Trinajstić information content (AvgIpc) is 3.15. The molecule has 0 saturated carbocycles. The molecular formula is C29H33ClN2O3. The van der Waals surface area contributed by atoms with Crippen LogP contribution in [0.1, 0.15) is 69.4 Å². The quantitative estimate of drug-likeness (QED) is 0.332. The normalized spacial score (nSPS) is 18.2. The molecule has 5 nitrogen and oxygen atoms in total. The summed E-state index contributed by atoms with van der Waals surface area (Å²) in [6.45, 7) is 4.63. The summed E-state index contributed by atoms with van der Waals surface area (Å²) in [6.07, 6.45) is 7.62. The lowest BCUT2D eigenvalue weighted by Crippen LogP contribution is -2.46. The van der Waals surface area contributed by atoms with Gasteiger partial charge < -0.3 is 4.90 Å². The van der Waals surface area contributed by atoms with E-state index in [0.717, 1.165) is 36.8 Å². The van der Waals surface area contributed by atoms with Gasteiger partial charge >= 0.3 is 0 Å². The standard InChI is InChI=1S/C29H33ClN2O3/c1-20(2)23-10-14-25(15-11-23)32-28(34)19-26(29(32)35)31(17-16-21-6-4-3-5-7-21)27(33)18-22-8-12-24(30)13-9-22/h6,8-15,20,26H,3-5,7,16-19H2,1-2H3. The smallest absolute Gasteiger partial charge is 0.257 e. The Kier molecular flexibility index (Phi) is 8.07. The van der Waals surface area contributed by atoms with E-state index in [1.165, 1.54) is 16.9 Å². The van der Waals surface area contributed by atoms with Crippen molar-refractivity contribution >= 4 is 35.0 Å². The number of halogens is 1. The van der Waals surface area contributed by atoms with Gasteiger partial charge in [0.15, 0.2) is 0 Å². The second-order valence-corrected chi connectivity index (χ2v) is 10.2. The van der Waals surface area contributed by atoms with Gasteiger partial charge in [0.05, 0.1) is 18.5 Å². The molecule has 2 aromatic carbocycles. The van der Waals surface area contributed by atoms with Crippen LogP contribution in [0.4, 0.5) is 5.69 Å². The maximum absolute atomic E-state index is 13.5. The minimum Gasteiger partial charge on any atom is -0.329 e. The first-order chi connectivity index (χ1) is 16.8. The Bertz CT molecular complexity index is 1110. The molecule has 0 spiro atoms. The second kappa shape index (κ2) is 11.2. The van der Waals surface area contributed by atoms with Crippen molar-refractivity contribution in [3.8, 4) is 0 Å². The van der Waals surface area contributed by atoms with E-state index in [-0.39, 0.29) is 30.6 Å². The summed E-state index contributed by atoms with van der Waals surface area (Å²) < 4.78 is 0. The molecule has 1 heterocycles. The summed E-state index contributed by atoms with van der Waals surface area (Å²) in [5, 5.41) is 0.609. The molecule has 184 valence electrons. The fourth-order valence-electron chi connectivity index (χ4n) is 4.87. The van der Waals surface area contributed by atoms with Crippen LogP contribution in [0.15, 0.2) is 60.2 Å². The Morgan fingerprint density at radius 1 is 1.06 bits per heavy atom. The summed E-state index contributed by atoms with van der Waals surface area (Å²) in [4.78, 5) is 42.8. The predicted molar refractivity (Wildman–Crippen MR) is 139 cm³/mol. The third-order valence-electron chi connectivity index (χ3n) is 6.96. The zero-order valence-corrected chi connectivity index (χ0v) is 21.3. The molecule has 1 aliphatic carbocycles. The zero-order valence-electron chi connectivity index (χ0n) is 20.5. The number of allylic oxidation sites excluding steroid dienone is 1. The van der Waals surface area contributed by atoms with Gasteiger partial charge in [-0.25, -0.2) is 4.90 Å². The highest BCUT2D eigenvalue weighted by molar-refractivity contribution is 6.30. The van der Waals surface area contributed by atoms with Crippen molar-refractivity contribution in [2.75, 3.05) is 11.4 Å². The van der Waals surface area contributed by atoms with Crippen molar-refractivity contribution in [2.45, 2.75) is 70.8 Å². The van der Waals surface area contributed by atoms with Crippen molar-refractivity contribution < 1.29 is 14.4 Å². The van der Waals surface area contributed by atoms with Crippen molar-refractivity contribution in [3.63, 3.8) is 0 Å². The lowest BCUT2D eigenvalue weighted by Gasteiger charge is -2.29. The Morgan fingerprint density at radius 3 is 2.40 bits per heavy atom. The molecule has 1 fully saturated rings. The second-order valence-electron chi connectivity index (χ2n) is 9.78. The van der Waals surface area contributed by atoms with Gasteiger partial charge in [0.25, 0.3) is 5.91 Å². The van der Waals surface area contributed by atoms with Crippen LogP contribution in [0, 0.1) is 0 Å². The summed E-state index contributed by atoms with van der Waals surface area (Å²) in [7, 11) is 0. The van der Waals surface area contributed by atoms with E-state index in [2.05, 4.69) is 19.9 Å². The fourth-order valence-corrected chi connectivity index (χ4v) is 4.99. The maximum atomic E-state index is 13.5. The first-order valence-corrected chi connectivity index (χ1v) is 12.9. The molecule has 1 aliphatic heterocycles. The number of hydrogen-bond donors (Lipinski definition) is 0. The molecule has 3 amide bonds. The maximum Gasteiger partial charge on any atom is 0.257 e. The summed E-state index contributed by atoms with van der Waals surface area (Å²) in [5.41, 5.74) is 3.87. The number of benzene rings is 2. The van der Waals surface area contributed by atoms with Crippen LogP contribution in [0.2, 0.25) is 5.02 Å². The van der Waals surface area contributed by atoms with E-state index < -0.39 is 6.04 Å². The van der Waals surface area contributed by atoms with Crippen LogP contribution in [0.25, 0.3) is 0 Å². The van der Waals surface area contributed by atoms with Crippen LogP contribution in [-0.2, 0) is 20.8 Å². The average molecular weight is 493 g/mol. The molecule has 1 atom stereocenters. The van der Waals surface area contributed by atoms with Gasteiger partial charge in [-0.3, -0.25) is 14.4 Å². The minimum absolute atomic E-state index is 0.0101. The SMILES string of the molecule is CC(C)c1ccc(N2C(=O)CC(N(CCC3=CCCCC3)C(=O)Cc3ccc(Cl)cc3)C2=O)cc1. The Balaban J connectivity index is 1.55. The highest BCUT2D eigenvalue weighted by Crippen LogP contribution is 2.29. The number of nitrogens with zero attached hydrogens (tertiary/aromatic N) is 2. The van der Waals surface area contributed by atoms with Crippen LogP contribution in [-0.4, -0.2) is 35.2 Å². The topological polar surface area (TPSA) is 57.7 Å². The molecule has 35 heavy (non-hydrogen) atoms. The number of imide groups is 1. The van der Waals surface area contributed by atoms with Gasteiger partial charge in [0, 0.05) is 11.6 Å². The number of amides is 3. The van der Waals surface area contributed by atoms with Crippen molar-refractivity contribution in [1.82, 2.24) is 4.90 Å². The highest BCUT2D eigenvalue weighted by atomic mass is 35.5. The van der Waals surface area contributed by atoms with E-state index in [1.807, 2.05) is 36.4 Å². The van der Waals surface area contributed by atoms with Gasteiger partial charge in [0.2, 0.25) is 11.8 Å². The van der Waals surface area contributed by atoms with Crippen LogP contribution >= 0.6 is 11.6 Å². The third-order valence-corrected chi connectivity index (χ3v) is 7.22. The first-order valence-electron chi connectivity index (χ1n) is 12.5. The molecule has 0 N–H and O–H groups in total. The van der Waals surface area contributed by atoms with Crippen LogP contribution in [0.3, 0.4) is 0 Å². The molecular weight excluding hydrogens is 460 g/mol. The van der Waals surface area contributed by atoms with Crippen molar-refractivity contribution in [2.24, 2.45) is 0 Å². The van der Waals surface area contributed by atoms with Gasteiger partial charge in [-0.15, -0.1) is 0 Å². The van der Waals surface area contributed by atoms with E-state index in [1.54, 1.807) is 17.0 Å². The molecule has 0 bridgehead atoms. The summed E-state index contributed by atoms with van der Waals surface area (Å²) in [5.74, 6) is -0.378. The number of anilines is 1. The lowest BCUT2D eigenvalue weighted by molar-refractivity contribution is -0.137. The van der Waals surface area contributed by atoms with Gasteiger partial charge in [-0.2, -0.15) is 0 Å². The van der Waals surface area contributed by atoms with E-state index in [4.69, 9.17) is 11.6 Å². The number of carbonyl (C=O) groups is 3. The van der Waals surface area contributed by atoms with Gasteiger partial charge in [0.1, 0.15) is 6.04 Å². The summed E-state index contributed by atoms with van der Waals surface area (Å²) in [6, 6.07) is 13.9. The number of hydrogen-bond acceptors (Lipinski definition) is 3. The molecule has 0 aromatic heterocycles. The van der Waals surface area contributed by atoms with Crippen molar-refractivity contribution in [1.29, 1.82) is 0 Å². The van der Waals surface area contributed by atoms with Gasteiger partial charge in [-0.05, 0) is 73.4 Å². The lowest BCUT2D eigenvalue weighted by atomic mass is 9.96. The van der Waals surface area contributed by atoms with E-state index in [0.29, 0.717) is 23.2 Å². The van der Waals surface area contributed by atoms with Gasteiger partial charge in [-0.1, -0.05) is 61.4 Å². The molecule has 4 rings (SSSR count). The Labute approximate surface area is 212 Å². The van der Waals surface area contributed by atoms with Crippen LogP contribution < -0.4 is 4.90 Å². The summed E-state index contributed by atoms with van der Waals surface area (Å²) >= 11 is 6.00. The molecule has 0 radical (unpaired) electrons. The first kappa shape index (κ1) is 25.2. The molecule has 6 heteroatoms. The van der Waals surface area contributed by atoms with Crippen molar-refractivity contribution in [3.05, 3.63) is 76.3 Å².